The fourth-order valence-electron chi connectivity index (χ4n) is 0.361. The van der Waals surface area contributed by atoms with Crippen LogP contribution in [-0.2, 0) is 0 Å². The number of carbonyl (C=O) groups is 1. The van der Waals surface area contributed by atoms with Gasteiger partial charge in [0.1, 0.15) is 0 Å². The Bertz CT molecular complexity index is 232. The first kappa shape index (κ1) is 6.58. The van der Waals surface area contributed by atoms with Gasteiger partial charge in [-0.1, -0.05) is 11.6 Å². The highest BCUT2D eigenvalue weighted by Crippen LogP contribution is 2.17. The maximum atomic E-state index is 9.96. The Morgan fingerprint density at radius 3 is 2.44 bits per heavy atom. The number of oxazole rings is 1. The van der Waals surface area contributed by atoms with Crippen molar-refractivity contribution >= 4 is 29.5 Å². The zero-order chi connectivity index (χ0) is 6.85. The Balaban J connectivity index is 3.15. The van der Waals surface area contributed by atoms with Crippen molar-refractivity contribution in [3.05, 3.63) is 16.3 Å². The molecule has 1 heterocycles. The van der Waals surface area contributed by atoms with E-state index in [1.54, 1.807) is 0 Å². The summed E-state index contributed by atoms with van der Waals surface area (Å²) in [6.07, 6.45) is 0.446. The molecule has 1 aromatic rings. The van der Waals surface area contributed by atoms with E-state index in [0.29, 0.717) is 6.29 Å². The smallest absolute Gasteiger partial charge is 0.294 e. The van der Waals surface area contributed by atoms with Crippen LogP contribution in [0.25, 0.3) is 0 Å². The number of hydrogen-bond acceptors (Lipinski definition) is 3. The van der Waals surface area contributed by atoms with Crippen molar-refractivity contribution < 1.29 is 9.21 Å². The molecule has 9 heavy (non-hydrogen) atoms. The average molecular weight is 166 g/mol. The predicted octanol–water partition coefficient (Wildman–Crippen LogP) is 1.79. The highest BCUT2D eigenvalue weighted by atomic mass is 35.5. The first-order valence-electron chi connectivity index (χ1n) is 2.01. The minimum atomic E-state index is -0.123. The largest absolute Gasteiger partial charge is 0.423 e. The minimum Gasteiger partial charge on any atom is -0.423 e. The molecular formula is C4HCl2NO2. The van der Waals surface area contributed by atoms with Crippen LogP contribution in [0.1, 0.15) is 10.6 Å². The second-order valence-corrected chi connectivity index (χ2v) is 1.92. The first-order valence-corrected chi connectivity index (χ1v) is 2.76. The molecule has 0 aliphatic rings. The van der Waals surface area contributed by atoms with Gasteiger partial charge in [-0.2, -0.15) is 4.98 Å². The highest BCUT2D eigenvalue weighted by molar-refractivity contribution is 6.33. The van der Waals surface area contributed by atoms with Gasteiger partial charge >= 0.3 is 0 Å². The number of hydrogen-bond donors (Lipinski definition) is 0. The average Bonchev–Trinajstić information content (AvgIpc) is 2.10. The third-order valence-corrected chi connectivity index (χ3v) is 1.12. The van der Waals surface area contributed by atoms with Crippen LogP contribution in [0, 0.1) is 0 Å². The Morgan fingerprint density at radius 1 is 1.56 bits per heavy atom. The van der Waals surface area contributed by atoms with E-state index in [9.17, 15) is 4.79 Å². The minimum absolute atomic E-state index is 0.00463. The molecule has 0 radical (unpaired) electrons. The van der Waals surface area contributed by atoms with E-state index in [1.807, 2.05) is 0 Å². The Kier molecular flexibility index (Phi) is 1.73. The fraction of sp³-hybridized carbons (Fsp3) is 0. The third kappa shape index (κ3) is 1.23. The van der Waals surface area contributed by atoms with Crippen LogP contribution in [0.4, 0.5) is 0 Å². The summed E-state index contributed by atoms with van der Waals surface area (Å²) in [5, 5.41) is -0.128. The number of rotatable bonds is 1. The van der Waals surface area contributed by atoms with Crippen LogP contribution >= 0.6 is 23.2 Å². The van der Waals surface area contributed by atoms with Gasteiger partial charge in [-0.15, -0.1) is 0 Å². The lowest BCUT2D eigenvalue weighted by Gasteiger charge is -1.73. The second-order valence-electron chi connectivity index (χ2n) is 1.24. The van der Waals surface area contributed by atoms with E-state index in [2.05, 4.69) is 9.40 Å². The van der Waals surface area contributed by atoms with Gasteiger partial charge in [0.05, 0.1) is 0 Å². The molecule has 0 atom stereocenters. The SMILES string of the molecule is O=Cc1oc(Cl)nc1Cl. The van der Waals surface area contributed by atoms with E-state index in [4.69, 9.17) is 23.2 Å². The number of aromatic nitrogens is 1. The standard InChI is InChI=1S/C4HCl2NO2/c5-3-2(1-8)9-4(6)7-3/h1H. The fourth-order valence-corrected chi connectivity index (χ4v) is 0.731. The summed E-state index contributed by atoms with van der Waals surface area (Å²) in [4.78, 5) is 13.4. The highest BCUT2D eigenvalue weighted by Gasteiger charge is 2.06. The van der Waals surface area contributed by atoms with Crippen molar-refractivity contribution in [3.63, 3.8) is 0 Å². The van der Waals surface area contributed by atoms with Gasteiger partial charge in [0.2, 0.25) is 5.76 Å². The Labute approximate surface area is 60.6 Å². The van der Waals surface area contributed by atoms with Gasteiger partial charge in [-0.25, -0.2) is 0 Å². The maximum Gasteiger partial charge on any atom is 0.294 e. The predicted molar refractivity (Wildman–Crippen MR) is 31.9 cm³/mol. The third-order valence-electron chi connectivity index (χ3n) is 0.691. The lowest BCUT2D eigenvalue weighted by atomic mass is 10.6. The molecule has 0 amide bonds. The first-order chi connectivity index (χ1) is 4.24. The molecule has 0 N–H and O–H groups in total. The normalized spacial score (nSPS) is 9.56. The molecule has 0 aliphatic carbocycles. The summed E-state index contributed by atoms with van der Waals surface area (Å²) >= 11 is 10.5. The lowest BCUT2D eigenvalue weighted by molar-refractivity contribution is 0.110. The van der Waals surface area contributed by atoms with Gasteiger partial charge in [-0.05, 0) is 11.6 Å². The molecular weight excluding hydrogens is 165 g/mol. The second kappa shape index (κ2) is 2.37. The van der Waals surface area contributed by atoms with Crippen LogP contribution in [0.2, 0.25) is 10.5 Å². The molecule has 0 fully saturated rings. The molecule has 0 spiro atoms. The number of aldehydes is 1. The number of nitrogens with zero attached hydrogens (tertiary/aromatic N) is 1. The van der Waals surface area contributed by atoms with Gasteiger partial charge < -0.3 is 4.42 Å². The Hall–Kier alpha value is -0.540. The molecule has 0 saturated carbocycles. The van der Waals surface area contributed by atoms with Crippen molar-refractivity contribution in [3.8, 4) is 0 Å². The summed E-state index contributed by atoms with van der Waals surface area (Å²) in [7, 11) is 0. The van der Waals surface area contributed by atoms with Crippen LogP contribution in [0.5, 0.6) is 0 Å². The molecule has 0 bridgehead atoms. The van der Waals surface area contributed by atoms with Gasteiger partial charge in [0.25, 0.3) is 5.35 Å². The summed E-state index contributed by atoms with van der Waals surface area (Å²) in [6, 6.07) is 0. The number of carbonyl (C=O) groups excluding carboxylic acids is 1. The molecule has 5 heteroatoms. The van der Waals surface area contributed by atoms with E-state index < -0.39 is 0 Å². The zero-order valence-corrected chi connectivity index (χ0v) is 5.61. The van der Waals surface area contributed by atoms with Gasteiger partial charge in [0.15, 0.2) is 11.4 Å². The van der Waals surface area contributed by atoms with Crippen molar-refractivity contribution in [2.75, 3.05) is 0 Å². The summed E-state index contributed by atoms with van der Waals surface area (Å²) < 4.78 is 4.52. The monoisotopic (exact) mass is 165 g/mol. The van der Waals surface area contributed by atoms with Crippen LogP contribution < -0.4 is 0 Å². The van der Waals surface area contributed by atoms with Crippen LogP contribution in [0.3, 0.4) is 0 Å². The topological polar surface area (TPSA) is 43.1 Å². The van der Waals surface area contributed by atoms with Crippen LogP contribution in [0.15, 0.2) is 4.42 Å². The molecule has 0 unspecified atom stereocenters. The zero-order valence-electron chi connectivity index (χ0n) is 4.10. The summed E-state index contributed by atoms with van der Waals surface area (Å²) in [6.45, 7) is 0. The van der Waals surface area contributed by atoms with Crippen molar-refractivity contribution in [1.82, 2.24) is 4.98 Å². The number of halogens is 2. The maximum absolute atomic E-state index is 9.96. The van der Waals surface area contributed by atoms with Crippen molar-refractivity contribution in [1.29, 1.82) is 0 Å². The van der Waals surface area contributed by atoms with E-state index in [1.165, 1.54) is 0 Å². The van der Waals surface area contributed by atoms with E-state index in [-0.39, 0.29) is 16.3 Å². The molecule has 3 nitrogen and oxygen atoms in total. The van der Waals surface area contributed by atoms with Gasteiger partial charge in [0, 0.05) is 0 Å². The van der Waals surface area contributed by atoms with Gasteiger partial charge in [-0.3, -0.25) is 4.79 Å². The van der Waals surface area contributed by atoms with Crippen LogP contribution in [-0.4, -0.2) is 11.3 Å². The Morgan fingerprint density at radius 2 is 2.22 bits per heavy atom. The summed E-state index contributed by atoms with van der Waals surface area (Å²) in [5.74, 6) is -0.0401. The van der Waals surface area contributed by atoms with E-state index in [0.717, 1.165) is 0 Å². The molecule has 0 saturated heterocycles. The lowest BCUT2D eigenvalue weighted by Crippen LogP contribution is -1.71. The van der Waals surface area contributed by atoms with Crippen molar-refractivity contribution in [2.24, 2.45) is 0 Å². The molecule has 0 aromatic carbocycles. The molecule has 1 rings (SSSR count). The quantitative estimate of drug-likeness (QED) is 0.597. The summed E-state index contributed by atoms with van der Waals surface area (Å²) in [5.41, 5.74) is 0. The van der Waals surface area contributed by atoms with Crippen molar-refractivity contribution in [2.45, 2.75) is 0 Å². The molecule has 0 aliphatic heterocycles. The van der Waals surface area contributed by atoms with E-state index >= 15 is 0 Å². The molecule has 1 aromatic heterocycles. The molecule has 48 valence electrons.